The van der Waals surface area contributed by atoms with Gasteiger partial charge in [0.05, 0.1) is 6.04 Å². The molecule has 4 nitrogen and oxygen atoms in total. The van der Waals surface area contributed by atoms with Crippen LogP contribution in [0.3, 0.4) is 0 Å². The molecular formula is C10H23N3O. The molecule has 0 heterocycles. The second-order valence-corrected chi connectivity index (χ2v) is 4.63. The molecule has 0 radical (unpaired) electrons. The summed E-state index contributed by atoms with van der Waals surface area (Å²) in [4.78, 5) is 11.5. The minimum absolute atomic E-state index is 0.0745. The van der Waals surface area contributed by atoms with Crippen LogP contribution in [-0.2, 0) is 4.79 Å². The molecule has 0 aliphatic rings. The van der Waals surface area contributed by atoms with Gasteiger partial charge in [0.15, 0.2) is 0 Å². The molecule has 0 aliphatic heterocycles. The SMILES string of the molecule is CC(C)(C)[C@@H](N)C(=O)NCCCCN. The predicted octanol–water partition coefficient (Wildman–Crippen LogP) is 0.215. The van der Waals surface area contributed by atoms with Gasteiger partial charge in [-0.25, -0.2) is 0 Å². The lowest BCUT2D eigenvalue weighted by molar-refractivity contribution is -0.124. The van der Waals surface area contributed by atoms with Crippen LogP contribution in [0.4, 0.5) is 0 Å². The highest BCUT2D eigenvalue weighted by Crippen LogP contribution is 2.16. The van der Waals surface area contributed by atoms with E-state index in [-0.39, 0.29) is 11.3 Å². The van der Waals surface area contributed by atoms with Gasteiger partial charge in [-0.05, 0) is 24.8 Å². The number of carbonyl (C=O) groups excluding carboxylic acids is 1. The Hall–Kier alpha value is -0.610. The molecule has 14 heavy (non-hydrogen) atoms. The van der Waals surface area contributed by atoms with Crippen molar-refractivity contribution in [3.05, 3.63) is 0 Å². The van der Waals surface area contributed by atoms with Crippen LogP contribution >= 0.6 is 0 Å². The third-order valence-corrected chi connectivity index (χ3v) is 2.15. The van der Waals surface area contributed by atoms with Crippen LogP contribution in [0.25, 0.3) is 0 Å². The van der Waals surface area contributed by atoms with E-state index in [1.165, 1.54) is 0 Å². The van der Waals surface area contributed by atoms with Crippen molar-refractivity contribution in [3.8, 4) is 0 Å². The Morgan fingerprint density at radius 1 is 1.36 bits per heavy atom. The van der Waals surface area contributed by atoms with E-state index in [0.29, 0.717) is 13.1 Å². The molecule has 0 aromatic rings. The third-order valence-electron chi connectivity index (χ3n) is 2.15. The average Bonchev–Trinajstić information content (AvgIpc) is 2.09. The Morgan fingerprint density at radius 2 is 1.93 bits per heavy atom. The van der Waals surface area contributed by atoms with Crippen molar-refractivity contribution in [3.63, 3.8) is 0 Å². The van der Waals surface area contributed by atoms with Crippen molar-refractivity contribution in [1.82, 2.24) is 5.32 Å². The van der Waals surface area contributed by atoms with Crippen molar-refractivity contribution in [2.24, 2.45) is 16.9 Å². The summed E-state index contributed by atoms with van der Waals surface area (Å²) in [5.41, 5.74) is 10.9. The van der Waals surface area contributed by atoms with Gasteiger partial charge >= 0.3 is 0 Å². The Kier molecular flexibility index (Phi) is 5.72. The number of rotatable bonds is 5. The van der Waals surface area contributed by atoms with Crippen LogP contribution in [-0.4, -0.2) is 25.0 Å². The zero-order chi connectivity index (χ0) is 11.2. The highest BCUT2D eigenvalue weighted by molar-refractivity contribution is 5.82. The lowest BCUT2D eigenvalue weighted by Crippen LogP contribution is -2.48. The van der Waals surface area contributed by atoms with Crippen molar-refractivity contribution in [2.45, 2.75) is 39.7 Å². The maximum atomic E-state index is 11.5. The summed E-state index contributed by atoms with van der Waals surface area (Å²) in [6, 6.07) is -0.444. The maximum absolute atomic E-state index is 11.5. The van der Waals surface area contributed by atoms with Crippen LogP contribution in [0.15, 0.2) is 0 Å². The summed E-state index contributed by atoms with van der Waals surface area (Å²) in [5, 5.41) is 2.80. The number of nitrogens with two attached hydrogens (primary N) is 2. The molecule has 0 spiro atoms. The number of hydrogen-bond acceptors (Lipinski definition) is 3. The molecule has 5 N–H and O–H groups in total. The van der Waals surface area contributed by atoms with Gasteiger partial charge in [-0.1, -0.05) is 20.8 Å². The minimum Gasteiger partial charge on any atom is -0.355 e. The van der Waals surface area contributed by atoms with Gasteiger partial charge in [-0.2, -0.15) is 0 Å². The third kappa shape index (κ3) is 5.19. The molecule has 0 rings (SSSR count). The maximum Gasteiger partial charge on any atom is 0.237 e. The van der Waals surface area contributed by atoms with E-state index < -0.39 is 6.04 Å². The predicted molar refractivity (Wildman–Crippen MR) is 58.7 cm³/mol. The molecule has 0 fully saturated rings. The topological polar surface area (TPSA) is 81.1 Å². The van der Waals surface area contributed by atoms with Crippen molar-refractivity contribution in [1.29, 1.82) is 0 Å². The summed E-state index contributed by atoms with van der Waals surface area (Å²) < 4.78 is 0. The normalized spacial score (nSPS) is 13.8. The number of unbranched alkanes of at least 4 members (excludes halogenated alkanes) is 1. The lowest BCUT2D eigenvalue weighted by atomic mass is 9.87. The number of carbonyl (C=O) groups is 1. The van der Waals surface area contributed by atoms with Gasteiger partial charge in [0.2, 0.25) is 5.91 Å². The molecule has 0 saturated heterocycles. The van der Waals surface area contributed by atoms with Crippen LogP contribution in [0, 0.1) is 5.41 Å². The van der Waals surface area contributed by atoms with Crippen molar-refractivity contribution in [2.75, 3.05) is 13.1 Å². The van der Waals surface area contributed by atoms with Crippen LogP contribution in [0.5, 0.6) is 0 Å². The van der Waals surface area contributed by atoms with E-state index in [1.54, 1.807) is 0 Å². The van der Waals surface area contributed by atoms with Gasteiger partial charge in [0.1, 0.15) is 0 Å². The average molecular weight is 201 g/mol. The van der Waals surface area contributed by atoms with Crippen LogP contribution < -0.4 is 16.8 Å². The lowest BCUT2D eigenvalue weighted by Gasteiger charge is -2.25. The minimum atomic E-state index is -0.444. The number of hydrogen-bond donors (Lipinski definition) is 3. The van der Waals surface area contributed by atoms with Gasteiger partial charge in [0, 0.05) is 6.54 Å². The molecule has 1 amide bonds. The summed E-state index contributed by atoms with van der Waals surface area (Å²) in [7, 11) is 0. The van der Waals surface area contributed by atoms with E-state index >= 15 is 0 Å². The first-order valence-corrected chi connectivity index (χ1v) is 5.13. The van der Waals surface area contributed by atoms with Crippen LogP contribution in [0.1, 0.15) is 33.6 Å². The van der Waals surface area contributed by atoms with Crippen molar-refractivity contribution >= 4 is 5.91 Å². The quantitative estimate of drug-likeness (QED) is 0.556. The Morgan fingerprint density at radius 3 is 2.36 bits per heavy atom. The largest absolute Gasteiger partial charge is 0.355 e. The summed E-state index contributed by atoms with van der Waals surface area (Å²) >= 11 is 0. The fourth-order valence-corrected chi connectivity index (χ4v) is 0.984. The molecule has 0 bridgehead atoms. The van der Waals surface area contributed by atoms with E-state index in [2.05, 4.69) is 5.32 Å². The Balaban J connectivity index is 3.74. The van der Waals surface area contributed by atoms with Gasteiger partial charge in [-0.15, -0.1) is 0 Å². The van der Waals surface area contributed by atoms with Crippen LogP contribution in [0.2, 0.25) is 0 Å². The second kappa shape index (κ2) is 5.98. The fourth-order valence-electron chi connectivity index (χ4n) is 0.984. The van der Waals surface area contributed by atoms with E-state index in [9.17, 15) is 4.79 Å². The summed E-state index contributed by atoms with van der Waals surface area (Å²) in [6.07, 6.45) is 1.85. The highest BCUT2D eigenvalue weighted by Gasteiger charge is 2.26. The molecule has 0 saturated carbocycles. The number of amides is 1. The monoisotopic (exact) mass is 201 g/mol. The van der Waals surface area contributed by atoms with Crippen molar-refractivity contribution < 1.29 is 4.79 Å². The molecular weight excluding hydrogens is 178 g/mol. The smallest absolute Gasteiger partial charge is 0.237 e. The van der Waals surface area contributed by atoms with Gasteiger partial charge in [0.25, 0.3) is 0 Å². The highest BCUT2D eigenvalue weighted by atomic mass is 16.2. The first-order chi connectivity index (χ1) is 6.39. The fraction of sp³-hybridized carbons (Fsp3) is 0.900. The molecule has 1 atom stereocenters. The Bertz CT molecular complexity index is 175. The van der Waals surface area contributed by atoms with E-state index in [4.69, 9.17) is 11.5 Å². The zero-order valence-corrected chi connectivity index (χ0v) is 9.47. The van der Waals surface area contributed by atoms with E-state index in [0.717, 1.165) is 12.8 Å². The second-order valence-electron chi connectivity index (χ2n) is 4.63. The summed E-state index contributed by atoms with van der Waals surface area (Å²) in [6.45, 7) is 7.20. The standard InChI is InChI=1S/C10H23N3O/c1-10(2,3)8(12)9(14)13-7-5-4-6-11/h8H,4-7,11-12H2,1-3H3,(H,13,14)/t8-/m0/s1. The molecule has 0 aromatic heterocycles. The van der Waals surface area contributed by atoms with Gasteiger partial charge in [-0.3, -0.25) is 4.79 Å². The molecule has 0 aliphatic carbocycles. The number of nitrogens with one attached hydrogen (secondary N) is 1. The van der Waals surface area contributed by atoms with E-state index in [1.807, 2.05) is 20.8 Å². The first-order valence-electron chi connectivity index (χ1n) is 5.13. The molecule has 0 aromatic carbocycles. The molecule has 0 unspecified atom stereocenters. The summed E-state index contributed by atoms with van der Waals surface area (Å²) in [5.74, 6) is -0.0745. The first kappa shape index (κ1) is 13.4. The van der Waals surface area contributed by atoms with Gasteiger partial charge < -0.3 is 16.8 Å². The molecule has 4 heteroatoms. The zero-order valence-electron chi connectivity index (χ0n) is 9.47. The molecule has 84 valence electrons. The Labute approximate surface area is 86.4 Å².